The van der Waals surface area contributed by atoms with Crippen LogP contribution in [0.4, 0.5) is 24.7 Å². The topological polar surface area (TPSA) is 53.6 Å². The molecule has 4 nitrogen and oxygen atoms in total. The first-order valence-corrected chi connectivity index (χ1v) is 7.03. The summed E-state index contributed by atoms with van der Waals surface area (Å²) in [5.74, 6) is -1.03. The third kappa shape index (κ3) is 2.86. The average molecular weight is 320 g/mol. The predicted octanol–water partition coefficient (Wildman–Crippen LogP) is 4.65. The van der Waals surface area contributed by atoms with E-state index < -0.39 is 12.0 Å². The lowest BCUT2D eigenvalue weighted by Gasteiger charge is -2.13. The van der Waals surface area contributed by atoms with Gasteiger partial charge in [0, 0.05) is 11.4 Å². The van der Waals surface area contributed by atoms with Gasteiger partial charge in [0.05, 0.1) is 5.39 Å². The number of hydrogen-bond acceptors (Lipinski definition) is 3. The molecule has 0 aliphatic heterocycles. The minimum absolute atomic E-state index is 0.139. The van der Waals surface area contributed by atoms with E-state index in [0.29, 0.717) is 5.39 Å². The van der Waals surface area contributed by atoms with Crippen LogP contribution >= 0.6 is 0 Å². The van der Waals surface area contributed by atoms with Crippen molar-refractivity contribution in [2.24, 2.45) is 0 Å². The minimum atomic E-state index is -4.61. The first kappa shape index (κ1) is 15.3. The second-order valence-electron chi connectivity index (χ2n) is 5.48. The highest BCUT2D eigenvalue weighted by Gasteiger charge is 2.36. The van der Waals surface area contributed by atoms with E-state index >= 15 is 0 Å². The lowest BCUT2D eigenvalue weighted by molar-refractivity contribution is -0.144. The maximum atomic E-state index is 13.0. The number of nitrogens with zero attached hydrogens (tertiary/aromatic N) is 2. The average Bonchev–Trinajstić information content (AvgIpc) is 2.83. The van der Waals surface area contributed by atoms with E-state index in [9.17, 15) is 13.2 Å². The monoisotopic (exact) mass is 320 g/mol. The number of nitrogens with one attached hydrogen (secondary N) is 2. The maximum Gasteiger partial charge on any atom is 0.451 e. The summed E-state index contributed by atoms with van der Waals surface area (Å²) in [6.07, 6.45) is -4.61. The maximum absolute atomic E-state index is 13.0. The lowest BCUT2D eigenvalue weighted by atomic mass is 10.1. The first-order chi connectivity index (χ1) is 10.8. The zero-order chi connectivity index (χ0) is 16.8. The largest absolute Gasteiger partial charge is 0.451 e. The molecule has 7 heteroatoms. The summed E-state index contributed by atoms with van der Waals surface area (Å²) in [7, 11) is 0. The quantitative estimate of drug-likeness (QED) is 0.723. The van der Waals surface area contributed by atoms with Crippen LogP contribution in [-0.2, 0) is 6.18 Å². The Balaban J connectivity index is 2.17. The molecular weight excluding hydrogens is 305 g/mol. The SMILES string of the molecule is Cc1cc2c(Nc3cccc(C)c3C)nc(C(F)(F)F)nc2[nH]1. The highest BCUT2D eigenvalue weighted by Crippen LogP contribution is 2.32. The lowest BCUT2D eigenvalue weighted by Crippen LogP contribution is -2.12. The van der Waals surface area contributed by atoms with E-state index in [-0.39, 0.29) is 11.5 Å². The van der Waals surface area contributed by atoms with Crippen LogP contribution in [0.1, 0.15) is 22.6 Å². The number of benzene rings is 1. The molecule has 0 bridgehead atoms. The van der Waals surface area contributed by atoms with Gasteiger partial charge in [-0.2, -0.15) is 13.2 Å². The molecule has 0 radical (unpaired) electrons. The number of aromatic nitrogens is 3. The van der Waals surface area contributed by atoms with Crippen LogP contribution < -0.4 is 5.32 Å². The summed E-state index contributed by atoms with van der Waals surface area (Å²) < 4.78 is 39.1. The molecule has 23 heavy (non-hydrogen) atoms. The van der Waals surface area contributed by atoms with Gasteiger partial charge in [-0.05, 0) is 44.0 Å². The van der Waals surface area contributed by atoms with Gasteiger partial charge in [0.15, 0.2) is 0 Å². The van der Waals surface area contributed by atoms with Gasteiger partial charge < -0.3 is 10.3 Å². The van der Waals surface area contributed by atoms with Gasteiger partial charge in [0.2, 0.25) is 5.82 Å². The number of aryl methyl sites for hydroxylation is 2. The number of aromatic amines is 1. The van der Waals surface area contributed by atoms with Gasteiger partial charge >= 0.3 is 6.18 Å². The Kier molecular flexibility index (Phi) is 3.50. The Bertz CT molecular complexity index is 881. The molecule has 120 valence electrons. The fraction of sp³-hybridized carbons (Fsp3) is 0.250. The van der Waals surface area contributed by atoms with Crippen molar-refractivity contribution in [3.8, 4) is 0 Å². The van der Waals surface area contributed by atoms with Gasteiger partial charge in [-0.25, -0.2) is 9.97 Å². The van der Waals surface area contributed by atoms with Crippen LogP contribution in [0.3, 0.4) is 0 Å². The van der Waals surface area contributed by atoms with Gasteiger partial charge in [-0.3, -0.25) is 0 Å². The number of hydrogen-bond donors (Lipinski definition) is 2. The fourth-order valence-electron chi connectivity index (χ4n) is 2.38. The Morgan fingerprint density at radius 1 is 1.09 bits per heavy atom. The smallest absolute Gasteiger partial charge is 0.343 e. The Morgan fingerprint density at radius 3 is 2.52 bits per heavy atom. The first-order valence-electron chi connectivity index (χ1n) is 7.03. The molecule has 3 aromatic rings. The standard InChI is InChI=1S/C16H15F3N4/c1-8-5-4-6-12(10(8)3)21-14-11-7-9(2)20-13(11)22-15(23-14)16(17,18)19/h4-7H,1-3H3,(H2,20,21,22,23). The van der Waals surface area contributed by atoms with Crippen molar-refractivity contribution in [3.05, 3.63) is 46.9 Å². The Hall–Kier alpha value is -2.57. The van der Waals surface area contributed by atoms with E-state index in [1.54, 1.807) is 13.0 Å². The van der Waals surface area contributed by atoms with Crippen molar-refractivity contribution in [3.63, 3.8) is 0 Å². The molecule has 2 heterocycles. The number of H-pyrrole nitrogens is 1. The number of alkyl halides is 3. The number of fused-ring (bicyclic) bond motifs is 1. The van der Waals surface area contributed by atoms with Crippen LogP contribution in [0, 0.1) is 20.8 Å². The molecule has 2 N–H and O–H groups in total. The summed E-state index contributed by atoms with van der Waals surface area (Å²) in [6.45, 7) is 5.61. The van der Waals surface area contributed by atoms with Crippen LogP contribution in [0.15, 0.2) is 24.3 Å². The van der Waals surface area contributed by atoms with Gasteiger partial charge in [0.1, 0.15) is 11.5 Å². The summed E-state index contributed by atoms with van der Waals surface area (Å²) in [5.41, 5.74) is 3.61. The fourth-order valence-corrected chi connectivity index (χ4v) is 2.38. The highest BCUT2D eigenvalue weighted by molar-refractivity contribution is 5.90. The van der Waals surface area contributed by atoms with Gasteiger partial charge in [-0.15, -0.1) is 0 Å². The summed E-state index contributed by atoms with van der Waals surface area (Å²) in [5, 5.41) is 3.54. The molecule has 3 rings (SSSR count). The minimum Gasteiger partial charge on any atom is -0.343 e. The van der Waals surface area contributed by atoms with Gasteiger partial charge in [-0.1, -0.05) is 12.1 Å². The zero-order valence-electron chi connectivity index (χ0n) is 12.8. The van der Waals surface area contributed by atoms with Crippen LogP contribution in [0.25, 0.3) is 11.0 Å². The molecule has 1 aromatic carbocycles. The van der Waals surface area contributed by atoms with E-state index in [0.717, 1.165) is 22.5 Å². The van der Waals surface area contributed by atoms with E-state index in [1.807, 2.05) is 32.0 Å². The second-order valence-corrected chi connectivity index (χ2v) is 5.48. The van der Waals surface area contributed by atoms with Crippen molar-refractivity contribution < 1.29 is 13.2 Å². The molecule has 0 unspecified atom stereocenters. The summed E-state index contributed by atoms with van der Waals surface area (Å²) in [6, 6.07) is 7.32. The van der Waals surface area contributed by atoms with Crippen molar-refractivity contribution >= 4 is 22.5 Å². The van der Waals surface area contributed by atoms with Crippen LogP contribution in [0.5, 0.6) is 0 Å². The zero-order valence-corrected chi connectivity index (χ0v) is 12.8. The van der Waals surface area contributed by atoms with E-state index in [2.05, 4.69) is 20.3 Å². The molecule has 0 saturated heterocycles. The predicted molar refractivity (Wildman–Crippen MR) is 82.8 cm³/mol. The molecule has 0 amide bonds. The van der Waals surface area contributed by atoms with Crippen LogP contribution in [0.2, 0.25) is 0 Å². The van der Waals surface area contributed by atoms with Gasteiger partial charge in [0.25, 0.3) is 0 Å². The third-order valence-corrected chi connectivity index (χ3v) is 3.73. The normalized spacial score (nSPS) is 11.9. The molecule has 0 saturated carbocycles. The Morgan fingerprint density at radius 2 is 1.83 bits per heavy atom. The number of rotatable bonds is 2. The molecule has 0 aliphatic carbocycles. The van der Waals surface area contributed by atoms with Crippen molar-refractivity contribution in [2.45, 2.75) is 26.9 Å². The summed E-state index contributed by atoms with van der Waals surface area (Å²) >= 11 is 0. The number of anilines is 2. The second kappa shape index (κ2) is 5.26. The molecule has 0 aliphatic rings. The van der Waals surface area contributed by atoms with Crippen LogP contribution in [-0.4, -0.2) is 15.0 Å². The molecule has 0 atom stereocenters. The highest BCUT2D eigenvalue weighted by atomic mass is 19.4. The van der Waals surface area contributed by atoms with Crippen molar-refractivity contribution in [1.29, 1.82) is 0 Å². The van der Waals surface area contributed by atoms with E-state index in [4.69, 9.17) is 0 Å². The number of halogens is 3. The van der Waals surface area contributed by atoms with Crippen molar-refractivity contribution in [1.82, 2.24) is 15.0 Å². The summed E-state index contributed by atoms with van der Waals surface area (Å²) in [4.78, 5) is 10.1. The molecular formula is C16H15F3N4. The van der Waals surface area contributed by atoms with E-state index in [1.165, 1.54) is 0 Å². The molecule has 0 fully saturated rings. The van der Waals surface area contributed by atoms with Crippen molar-refractivity contribution in [2.75, 3.05) is 5.32 Å². The molecule has 0 spiro atoms. The Labute approximate surface area is 130 Å². The third-order valence-electron chi connectivity index (χ3n) is 3.73. The molecule has 2 aromatic heterocycles.